The molecule has 0 aromatic heterocycles. The number of ether oxygens (including phenoxy) is 1. The summed E-state index contributed by atoms with van der Waals surface area (Å²) in [6.45, 7) is -1.79. The maximum absolute atomic E-state index is 12.7. The van der Waals surface area contributed by atoms with E-state index in [0.29, 0.717) is 0 Å². The van der Waals surface area contributed by atoms with Crippen LogP contribution >= 0.6 is 0 Å². The summed E-state index contributed by atoms with van der Waals surface area (Å²) in [5.74, 6) is -1.73. The van der Waals surface area contributed by atoms with Gasteiger partial charge in [-0.1, -0.05) is 0 Å². The van der Waals surface area contributed by atoms with Gasteiger partial charge in [0.25, 0.3) is 0 Å². The first kappa shape index (κ1) is 15.0. The lowest BCUT2D eigenvalue weighted by molar-refractivity contribution is -0.156. The molecule has 0 spiro atoms. The molecule has 6 nitrogen and oxygen atoms in total. The van der Waals surface area contributed by atoms with Crippen LogP contribution in [0, 0.1) is 5.92 Å². The maximum Gasteiger partial charge on any atom is 0.367 e. The van der Waals surface area contributed by atoms with Crippen molar-refractivity contribution in [1.82, 2.24) is 0 Å². The zero-order chi connectivity index (χ0) is 14.0. The molecule has 0 bridgehead atoms. The molecule has 1 fully saturated rings. The van der Waals surface area contributed by atoms with Gasteiger partial charge in [-0.25, -0.2) is 8.42 Å². The fourth-order valence-electron chi connectivity index (χ4n) is 1.52. The van der Waals surface area contributed by atoms with Crippen molar-refractivity contribution in [3.05, 3.63) is 0 Å². The Bertz CT molecular complexity index is 434. The van der Waals surface area contributed by atoms with E-state index in [4.69, 9.17) is 0 Å². The number of hydrogen-bond donors (Lipinski definition) is 0. The van der Waals surface area contributed by atoms with Gasteiger partial charge in [-0.15, -0.1) is 0 Å². The van der Waals surface area contributed by atoms with Crippen molar-refractivity contribution < 1.29 is 36.1 Å². The van der Waals surface area contributed by atoms with Crippen molar-refractivity contribution in [3.63, 3.8) is 0 Å². The third-order valence-corrected chi connectivity index (χ3v) is 3.47. The molecule has 1 saturated carbocycles. The van der Waals surface area contributed by atoms with E-state index < -0.39 is 33.9 Å². The number of carbonyl (C=O) groups is 2. The van der Waals surface area contributed by atoms with Crippen molar-refractivity contribution >= 4 is 21.9 Å². The Balaban J connectivity index is 2.49. The quantitative estimate of drug-likeness (QED) is 0.548. The van der Waals surface area contributed by atoms with Gasteiger partial charge in [-0.2, -0.15) is 8.78 Å². The van der Waals surface area contributed by atoms with Crippen LogP contribution in [0.1, 0.15) is 25.7 Å². The number of ketones is 1. The highest BCUT2D eigenvalue weighted by Gasteiger charge is 2.40. The van der Waals surface area contributed by atoms with Crippen LogP contribution < -0.4 is 0 Å². The number of alkyl halides is 2. The van der Waals surface area contributed by atoms with Gasteiger partial charge in [0.05, 0.1) is 5.92 Å². The minimum atomic E-state index is -5.85. The molecule has 0 aromatic carbocycles. The Morgan fingerprint density at radius 3 is 2.33 bits per heavy atom. The minimum absolute atomic E-state index is 0.0217. The number of rotatable bonds is 4. The largest absolute Gasteiger partial charge is 0.743 e. The van der Waals surface area contributed by atoms with E-state index in [1.54, 1.807) is 0 Å². The van der Waals surface area contributed by atoms with Gasteiger partial charge in [0, 0.05) is 12.8 Å². The molecule has 1 rings (SSSR count). The van der Waals surface area contributed by atoms with Crippen LogP contribution in [0.2, 0.25) is 0 Å². The van der Waals surface area contributed by atoms with Gasteiger partial charge >= 0.3 is 11.2 Å². The normalized spacial score (nSPS) is 18.7. The van der Waals surface area contributed by atoms with Crippen molar-refractivity contribution in [2.24, 2.45) is 5.92 Å². The fourth-order valence-corrected chi connectivity index (χ4v) is 1.72. The number of carbonyl (C=O) groups excluding carboxylic acids is 2. The van der Waals surface area contributed by atoms with Crippen molar-refractivity contribution in [2.75, 3.05) is 6.61 Å². The van der Waals surface area contributed by atoms with E-state index in [9.17, 15) is 31.3 Å². The number of halogens is 2. The Morgan fingerprint density at radius 2 is 1.89 bits per heavy atom. The molecule has 0 saturated heterocycles. The van der Waals surface area contributed by atoms with E-state index >= 15 is 0 Å². The summed E-state index contributed by atoms with van der Waals surface area (Å²) in [6, 6.07) is 0. The second-order valence-corrected chi connectivity index (χ2v) is 5.52. The SMILES string of the molecule is O=C1CCC(C(=O)OCC(F)(F)S(=O)(=O)[O-])CC1. The average molecular weight is 285 g/mol. The minimum Gasteiger partial charge on any atom is -0.743 e. The van der Waals surface area contributed by atoms with E-state index in [0.717, 1.165) is 0 Å². The number of esters is 1. The van der Waals surface area contributed by atoms with Gasteiger partial charge < -0.3 is 9.29 Å². The molecule has 1 aliphatic rings. The average Bonchev–Trinajstić information content (AvgIpc) is 2.25. The van der Waals surface area contributed by atoms with Crippen LogP contribution in [0.3, 0.4) is 0 Å². The molecule has 0 N–H and O–H groups in total. The lowest BCUT2D eigenvalue weighted by Crippen LogP contribution is -2.36. The first-order valence-electron chi connectivity index (χ1n) is 5.15. The topological polar surface area (TPSA) is 101 Å². The predicted molar refractivity (Wildman–Crippen MR) is 52.6 cm³/mol. The maximum atomic E-state index is 12.7. The third kappa shape index (κ3) is 3.70. The summed E-state index contributed by atoms with van der Waals surface area (Å²) in [7, 11) is -5.85. The zero-order valence-electron chi connectivity index (χ0n) is 9.23. The van der Waals surface area contributed by atoms with E-state index in [1.165, 1.54) is 0 Å². The zero-order valence-corrected chi connectivity index (χ0v) is 10.0. The highest BCUT2D eigenvalue weighted by molar-refractivity contribution is 7.86. The second-order valence-electron chi connectivity index (χ2n) is 4.01. The molecule has 18 heavy (non-hydrogen) atoms. The lowest BCUT2D eigenvalue weighted by Gasteiger charge is -2.23. The standard InChI is InChI=1S/C9H12F2O6S/c10-9(11,18(14,15)16)5-17-8(13)6-1-3-7(12)4-2-6/h6H,1-5H2,(H,14,15,16)/p-1. The predicted octanol–water partition coefficient (Wildman–Crippen LogP) is 0.427. The van der Waals surface area contributed by atoms with Crippen LogP contribution in [0.5, 0.6) is 0 Å². The van der Waals surface area contributed by atoms with Crippen LogP contribution in [-0.2, 0) is 24.4 Å². The lowest BCUT2D eigenvalue weighted by atomic mass is 9.88. The molecule has 1 aliphatic carbocycles. The molecule has 0 heterocycles. The summed E-state index contributed by atoms with van der Waals surface area (Å²) in [5, 5.41) is -4.63. The van der Waals surface area contributed by atoms with Gasteiger partial charge in [0.15, 0.2) is 16.7 Å². The summed E-state index contributed by atoms with van der Waals surface area (Å²) < 4.78 is 59.9. The molecule has 104 valence electrons. The Labute approximate surface area is 102 Å². The first-order valence-corrected chi connectivity index (χ1v) is 6.56. The molecule has 0 aliphatic heterocycles. The summed E-state index contributed by atoms with van der Waals surface area (Å²) in [5.41, 5.74) is 0. The smallest absolute Gasteiger partial charge is 0.367 e. The molecule has 0 aromatic rings. The van der Waals surface area contributed by atoms with Gasteiger partial charge in [0.1, 0.15) is 5.78 Å². The summed E-state index contributed by atoms with van der Waals surface area (Å²) in [6.07, 6.45) is 0.701. The monoisotopic (exact) mass is 285 g/mol. The molecular formula is C9H11F2O6S-. The number of hydrogen-bond acceptors (Lipinski definition) is 6. The van der Waals surface area contributed by atoms with Crippen molar-refractivity contribution in [2.45, 2.75) is 30.9 Å². The van der Waals surface area contributed by atoms with Crippen LogP contribution in [0.4, 0.5) is 8.78 Å². The third-order valence-electron chi connectivity index (χ3n) is 2.62. The van der Waals surface area contributed by atoms with E-state index in [1.807, 2.05) is 0 Å². The van der Waals surface area contributed by atoms with Crippen LogP contribution in [0.25, 0.3) is 0 Å². The number of Topliss-reactive ketones (excluding diaryl/α,β-unsaturated/α-hetero) is 1. The van der Waals surface area contributed by atoms with Crippen LogP contribution in [-0.4, -0.2) is 36.6 Å². The van der Waals surface area contributed by atoms with Gasteiger partial charge in [-0.3, -0.25) is 9.59 Å². The van der Waals surface area contributed by atoms with Gasteiger partial charge in [0.2, 0.25) is 0 Å². The fraction of sp³-hybridized carbons (Fsp3) is 0.778. The Kier molecular flexibility index (Phi) is 4.38. The van der Waals surface area contributed by atoms with Crippen LogP contribution in [0.15, 0.2) is 0 Å². The molecular weight excluding hydrogens is 274 g/mol. The van der Waals surface area contributed by atoms with E-state index in [-0.39, 0.29) is 31.5 Å². The highest BCUT2D eigenvalue weighted by Crippen LogP contribution is 2.25. The molecule has 0 radical (unpaired) electrons. The second kappa shape index (κ2) is 5.27. The van der Waals surface area contributed by atoms with Crippen molar-refractivity contribution in [3.8, 4) is 0 Å². The Hall–Kier alpha value is -1.09. The van der Waals surface area contributed by atoms with E-state index in [2.05, 4.69) is 4.74 Å². The van der Waals surface area contributed by atoms with Gasteiger partial charge in [-0.05, 0) is 12.8 Å². The molecule has 0 amide bonds. The first-order chi connectivity index (χ1) is 8.13. The molecule has 0 atom stereocenters. The molecule has 9 heteroatoms. The molecule has 0 unspecified atom stereocenters. The summed E-state index contributed by atoms with van der Waals surface area (Å²) >= 11 is 0. The highest BCUT2D eigenvalue weighted by atomic mass is 32.2. The summed E-state index contributed by atoms with van der Waals surface area (Å²) in [4.78, 5) is 22.2. The Morgan fingerprint density at radius 1 is 1.39 bits per heavy atom. The van der Waals surface area contributed by atoms with Crippen molar-refractivity contribution in [1.29, 1.82) is 0 Å².